The molecule has 0 saturated carbocycles. The molecular formula is C18H22F3N3O4. The Balaban J connectivity index is 2.00. The lowest BCUT2D eigenvalue weighted by Gasteiger charge is -2.33. The number of nitrogens with one attached hydrogen (secondary N) is 2. The van der Waals surface area contributed by atoms with Gasteiger partial charge in [-0.3, -0.25) is 19.3 Å². The van der Waals surface area contributed by atoms with E-state index in [9.17, 15) is 27.6 Å². The fraction of sp³-hybridized carbons (Fsp3) is 0.500. The van der Waals surface area contributed by atoms with Crippen molar-refractivity contribution >= 4 is 23.5 Å². The molecule has 1 aromatic carbocycles. The molecule has 7 nitrogen and oxygen atoms in total. The van der Waals surface area contributed by atoms with Gasteiger partial charge in [-0.1, -0.05) is 13.0 Å². The fourth-order valence-electron chi connectivity index (χ4n) is 2.76. The van der Waals surface area contributed by atoms with Crippen LogP contribution >= 0.6 is 0 Å². The van der Waals surface area contributed by atoms with Crippen LogP contribution in [-0.2, 0) is 25.3 Å². The molecule has 0 spiro atoms. The molecule has 2 N–H and O–H groups in total. The van der Waals surface area contributed by atoms with Gasteiger partial charge < -0.3 is 15.4 Å². The number of rotatable bonds is 7. The summed E-state index contributed by atoms with van der Waals surface area (Å²) in [6.45, 7) is 2.47. The van der Waals surface area contributed by atoms with E-state index in [-0.39, 0.29) is 25.3 Å². The van der Waals surface area contributed by atoms with E-state index in [1.807, 2.05) is 6.92 Å². The fourth-order valence-corrected chi connectivity index (χ4v) is 2.76. The van der Waals surface area contributed by atoms with Gasteiger partial charge in [0.25, 0.3) is 0 Å². The van der Waals surface area contributed by atoms with Gasteiger partial charge >= 0.3 is 12.1 Å². The Hall–Kier alpha value is -2.62. The van der Waals surface area contributed by atoms with Gasteiger partial charge in [0.1, 0.15) is 6.04 Å². The summed E-state index contributed by atoms with van der Waals surface area (Å²) in [6, 6.07) is 3.41. The number of esters is 1. The van der Waals surface area contributed by atoms with E-state index in [0.717, 1.165) is 12.1 Å². The Bertz CT molecular complexity index is 724. The maximum absolute atomic E-state index is 12.8. The van der Waals surface area contributed by atoms with Gasteiger partial charge in [0.05, 0.1) is 25.1 Å². The molecule has 2 rings (SSSR count). The van der Waals surface area contributed by atoms with Crippen molar-refractivity contribution in [1.29, 1.82) is 0 Å². The Morgan fingerprint density at radius 1 is 1.36 bits per heavy atom. The molecule has 28 heavy (non-hydrogen) atoms. The zero-order valence-corrected chi connectivity index (χ0v) is 15.3. The Labute approximate surface area is 160 Å². The van der Waals surface area contributed by atoms with E-state index in [2.05, 4.69) is 10.6 Å². The van der Waals surface area contributed by atoms with Crippen LogP contribution in [0.15, 0.2) is 24.3 Å². The molecule has 1 fully saturated rings. The number of nitrogens with zero attached hydrogens (tertiary/aromatic N) is 1. The molecule has 1 saturated heterocycles. The van der Waals surface area contributed by atoms with Crippen molar-refractivity contribution in [2.45, 2.75) is 32.0 Å². The van der Waals surface area contributed by atoms with Gasteiger partial charge in [-0.2, -0.15) is 13.2 Å². The van der Waals surface area contributed by atoms with E-state index in [4.69, 9.17) is 4.74 Å². The molecule has 0 aliphatic carbocycles. The summed E-state index contributed by atoms with van der Waals surface area (Å²) in [4.78, 5) is 37.7. The van der Waals surface area contributed by atoms with Crippen LogP contribution in [0.1, 0.15) is 25.3 Å². The smallest absolute Gasteiger partial charge is 0.416 e. The second kappa shape index (κ2) is 9.54. The van der Waals surface area contributed by atoms with E-state index >= 15 is 0 Å². The number of benzene rings is 1. The number of amides is 2. The first-order valence-corrected chi connectivity index (χ1v) is 8.85. The molecule has 2 amide bonds. The average molecular weight is 401 g/mol. The summed E-state index contributed by atoms with van der Waals surface area (Å²) >= 11 is 0. The van der Waals surface area contributed by atoms with Crippen molar-refractivity contribution in [2.75, 3.05) is 31.6 Å². The summed E-state index contributed by atoms with van der Waals surface area (Å²) in [7, 11) is 0. The number of carbonyl (C=O) groups is 3. The van der Waals surface area contributed by atoms with Gasteiger partial charge in [0.2, 0.25) is 11.8 Å². The first kappa shape index (κ1) is 21.7. The van der Waals surface area contributed by atoms with Crippen molar-refractivity contribution in [3.63, 3.8) is 0 Å². The molecule has 10 heteroatoms. The first-order valence-electron chi connectivity index (χ1n) is 8.85. The first-order chi connectivity index (χ1) is 13.2. The third-order valence-corrected chi connectivity index (χ3v) is 4.09. The van der Waals surface area contributed by atoms with Gasteiger partial charge in [-0.05, 0) is 24.6 Å². The molecule has 0 radical (unpaired) electrons. The Morgan fingerprint density at radius 2 is 2.11 bits per heavy atom. The summed E-state index contributed by atoms with van der Waals surface area (Å²) in [6.07, 6.45) is -4.08. The lowest BCUT2D eigenvalue weighted by molar-refractivity contribution is -0.148. The normalized spacial score (nSPS) is 17.7. The lowest BCUT2D eigenvalue weighted by Crippen LogP contribution is -2.57. The summed E-state index contributed by atoms with van der Waals surface area (Å²) < 4.78 is 43.3. The third-order valence-electron chi connectivity index (χ3n) is 4.09. The molecule has 1 unspecified atom stereocenters. The molecule has 0 bridgehead atoms. The Morgan fingerprint density at radius 3 is 2.79 bits per heavy atom. The number of hydrogen-bond donors (Lipinski definition) is 2. The zero-order chi connectivity index (χ0) is 20.7. The minimum atomic E-state index is -4.52. The topological polar surface area (TPSA) is 87.7 Å². The van der Waals surface area contributed by atoms with Crippen molar-refractivity contribution in [3.05, 3.63) is 29.8 Å². The SMILES string of the molecule is CCCOC(=O)CC1C(=O)NCCN1CC(=O)Nc1cccc(C(F)(F)F)c1. The molecular weight excluding hydrogens is 379 g/mol. The molecule has 1 aliphatic rings. The monoisotopic (exact) mass is 401 g/mol. The van der Waals surface area contributed by atoms with Crippen molar-refractivity contribution in [1.82, 2.24) is 10.2 Å². The maximum atomic E-state index is 12.8. The number of carbonyl (C=O) groups excluding carboxylic acids is 3. The minimum absolute atomic E-state index is 0.000177. The van der Waals surface area contributed by atoms with E-state index in [1.165, 1.54) is 17.0 Å². The Kier molecular flexibility index (Phi) is 7.38. The number of ether oxygens (including phenoxy) is 1. The van der Waals surface area contributed by atoms with Crippen LogP contribution in [0.5, 0.6) is 0 Å². The highest BCUT2D eigenvalue weighted by atomic mass is 19.4. The van der Waals surface area contributed by atoms with Gasteiger partial charge in [-0.15, -0.1) is 0 Å². The van der Waals surface area contributed by atoms with Gasteiger partial charge in [0, 0.05) is 18.8 Å². The van der Waals surface area contributed by atoms with Crippen LogP contribution in [0.3, 0.4) is 0 Å². The second-order valence-electron chi connectivity index (χ2n) is 6.33. The maximum Gasteiger partial charge on any atom is 0.416 e. The summed E-state index contributed by atoms with van der Waals surface area (Å²) in [5, 5.41) is 5.02. The summed E-state index contributed by atoms with van der Waals surface area (Å²) in [5.74, 6) is -1.53. The standard InChI is InChI=1S/C18H22F3N3O4/c1-2-8-28-16(26)10-14-17(27)22-6-7-24(14)11-15(25)23-13-5-3-4-12(9-13)18(19,20)21/h3-5,9,14H,2,6-8,10-11H2,1H3,(H,22,27)(H,23,25). The molecule has 0 aromatic heterocycles. The second-order valence-corrected chi connectivity index (χ2v) is 6.33. The largest absolute Gasteiger partial charge is 0.466 e. The van der Waals surface area contributed by atoms with Crippen molar-refractivity contribution in [3.8, 4) is 0 Å². The van der Waals surface area contributed by atoms with Crippen LogP contribution in [0.25, 0.3) is 0 Å². The van der Waals surface area contributed by atoms with Crippen LogP contribution in [0.2, 0.25) is 0 Å². The van der Waals surface area contributed by atoms with Crippen LogP contribution in [0, 0.1) is 0 Å². The van der Waals surface area contributed by atoms with E-state index in [0.29, 0.717) is 19.5 Å². The highest BCUT2D eigenvalue weighted by Gasteiger charge is 2.33. The number of halogens is 3. The highest BCUT2D eigenvalue weighted by Crippen LogP contribution is 2.30. The van der Waals surface area contributed by atoms with E-state index in [1.54, 1.807) is 0 Å². The van der Waals surface area contributed by atoms with Crippen LogP contribution < -0.4 is 10.6 Å². The minimum Gasteiger partial charge on any atom is -0.466 e. The quantitative estimate of drug-likeness (QED) is 0.681. The average Bonchev–Trinajstić information content (AvgIpc) is 2.62. The summed E-state index contributed by atoms with van der Waals surface area (Å²) in [5.41, 5.74) is -0.876. The predicted octanol–water partition coefficient (Wildman–Crippen LogP) is 1.79. The highest BCUT2D eigenvalue weighted by molar-refractivity contribution is 5.93. The predicted molar refractivity (Wildman–Crippen MR) is 94.3 cm³/mol. The number of anilines is 1. The van der Waals surface area contributed by atoms with Crippen molar-refractivity contribution in [2.24, 2.45) is 0 Å². The van der Waals surface area contributed by atoms with Gasteiger partial charge in [-0.25, -0.2) is 0 Å². The molecule has 1 aromatic rings. The number of hydrogen-bond acceptors (Lipinski definition) is 5. The zero-order valence-electron chi connectivity index (χ0n) is 15.3. The lowest BCUT2D eigenvalue weighted by atomic mass is 10.1. The molecule has 1 atom stereocenters. The molecule has 1 aliphatic heterocycles. The van der Waals surface area contributed by atoms with E-state index < -0.39 is 35.6 Å². The number of piperazine rings is 1. The third kappa shape index (κ3) is 6.22. The number of alkyl halides is 3. The molecule has 154 valence electrons. The van der Waals surface area contributed by atoms with Gasteiger partial charge in [0.15, 0.2) is 0 Å². The van der Waals surface area contributed by atoms with Crippen LogP contribution in [0.4, 0.5) is 18.9 Å². The molecule has 1 heterocycles. The van der Waals surface area contributed by atoms with Crippen molar-refractivity contribution < 1.29 is 32.3 Å². The van der Waals surface area contributed by atoms with Crippen LogP contribution in [-0.4, -0.2) is 55.0 Å².